The molecule has 0 atom stereocenters. The van der Waals surface area contributed by atoms with E-state index in [1.807, 2.05) is 17.8 Å². The van der Waals surface area contributed by atoms with E-state index in [-0.39, 0.29) is 16.6 Å². The van der Waals surface area contributed by atoms with E-state index in [2.05, 4.69) is 39.9 Å². The summed E-state index contributed by atoms with van der Waals surface area (Å²) in [6, 6.07) is 17.4. The number of hydrogen-bond acceptors (Lipinski definition) is 4. The number of aliphatic imine (C=N–C) groups is 1. The highest BCUT2D eigenvalue weighted by molar-refractivity contribution is 8.01. The van der Waals surface area contributed by atoms with Crippen molar-refractivity contribution >= 4 is 29.5 Å². The first-order valence-electron chi connectivity index (χ1n) is 9.76. The average Bonchev–Trinajstić information content (AvgIpc) is 3.47. The van der Waals surface area contributed by atoms with Gasteiger partial charge in [-0.2, -0.15) is 0 Å². The van der Waals surface area contributed by atoms with Gasteiger partial charge in [-0.1, -0.05) is 30.3 Å². The number of nitrogens with zero attached hydrogens (tertiary/aromatic N) is 2. The molecule has 0 bridgehead atoms. The second kappa shape index (κ2) is 8.29. The normalized spacial score (nSPS) is 17.3. The van der Waals surface area contributed by atoms with Gasteiger partial charge in [0.25, 0.3) is 11.8 Å². The lowest BCUT2D eigenvalue weighted by Crippen LogP contribution is -2.44. The Morgan fingerprint density at radius 1 is 1.00 bits per heavy atom. The number of amides is 2. The summed E-state index contributed by atoms with van der Waals surface area (Å²) in [7, 11) is 1.72. The predicted molar refractivity (Wildman–Crippen MR) is 115 cm³/mol. The molecule has 2 aromatic rings. The van der Waals surface area contributed by atoms with Crippen molar-refractivity contribution in [2.24, 2.45) is 4.99 Å². The van der Waals surface area contributed by atoms with Crippen LogP contribution in [0.1, 0.15) is 33.6 Å². The van der Waals surface area contributed by atoms with Crippen molar-refractivity contribution in [3.8, 4) is 0 Å². The topological polar surface area (TPSA) is 73.8 Å². The number of rotatable bonds is 7. The Morgan fingerprint density at radius 2 is 1.62 bits per heavy atom. The highest BCUT2D eigenvalue weighted by Gasteiger charge is 2.43. The lowest BCUT2D eigenvalue weighted by atomic mass is 10.1. The minimum atomic E-state index is -0.230. The Balaban J connectivity index is 1.26. The molecule has 4 rings (SSSR count). The lowest BCUT2D eigenvalue weighted by Gasteiger charge is -2.19. The van der Waals surface area contributed by atoms with Crippen molar-refractivity contribution in [1.82, 2.24) is 15.5 Å². The molecule has 0 unspecified atom stereocenters. The van der Waals surface area contributed by atoms with Crippen LogP contribution in [0, 0.1) is 0 Å². The van der Waals surface area contributed by atoms with E-state index in [1.54, 1.807) is 31.3 Å². The van der Waals surface area contributed by atoms with Crippen molar-refractivity contribution in [3.63, 3.8) is 0 Å². The Hall–Kier alpha value is -2.80. The Bertz CT molecular complexity index is 906. The Morgan fingerprint density at radius 3 is 2.21 bits per heavy atom. The second-order valence-electron chi connectivity index (χ2n) is 7.26. The van der Waals surface area contributed by atoms with Gasteiger partial charge in [-0.15, -0.1) is 11.8 Å². The summed E-state index contributed by atoms with van der Waals surface area (Å²) >= 11 is 1.90. The molecule has 1 fully saturated rings. The lowest BCUT2D eigenvalue weighted by molar-refractivity contribution is 0.0657. The fourth-order valence-electron chi connectivity index (χ4n) is 3.39. The summed E-state index contributed by atoms with van der Waals surface area (Å²) < 4.78 is 0.210. The number of carbonyl (C=O) groups excluding carboxylic acids is 2. The highest BCUT2D eigenvalue weighted by atomic mass is 32.2. The summed E-state index contributed by atoms with van der Waals surface area (Å²) in [5.74, 6) is 0.222. The molecule has 2 N–H and O–H groups in total. The van der Waals surface area contributed by atoms with Crippen molar-refractivity contribution in [2.75, 3.05) is 26.7 Å². The van der Waals surface area contributed by atoms with Crippen LogP contribution in [0.25, 0.3) is 0 Å². The first kappa shape index (κ1) is 19.5. The van der Waals surface area contributed by atoms with E-state index in [4.69, 9.17) is 0 Å². The van der Waals surface area contributed by atoms with E-state index in [9.17, 15) is 9.59 Å². The molecule has 0 aromatic heterocycles. The molecule has 2 aliphatic rings. The maximum atomic E-state index is 12.4. The molecule has 150 valence electrons. The fraction of sp³-hybridized carbons (Fsp3) is 0.318. The highest BCUT2D eigenvalue weighted by Crippen LogP contribution is 2.51. The predicted octanol–water partition coefficient (Wildman–Crippen LogP) is 2.77. The van der Waals surface area contributed by atoms with Crippen LogP contribution in [-0.4, -0.2) is 54.1 Å². The van der Waals surface area contributed by atoms with E-state index >= 15 is 0 Å². The number of carbonyl (C=O) groups is 2. The molecule has 1 aliphatic carbocycles. The zero-order valence-electron chi connectivity index (χ0n) is 16.4. The smallest absolute Gasteiger partial charge is 0.261 e. The molecule has 2 aromatic carbocycles. The monoisotopic (exact) mass is 408 g/mol. The third-order valence-electron chi connectivity index (χ3n) is 5.19. The average molecular weight is 409 g/mol. The first-order chi connectivity index (χ1) is 14.1. The van der Waals surface area contributed by atoms with Gasteiger partial charge in [0.15, 0.2) is 5.96 Å². The van der Waals surface area contributed by atoms with Gasteiger partial charge >= 0.3 is 0 Å². The van der Waals surface area contributed by atoms with Gasteiger partial charge in [-0.25, -0.2) is 0 Å². The minimum Gasteiger partial charge on any atom is -0.355 e. The summed E-state index contributed by atoms with van der Waals surface area (Å²) in [6.45, 7) is 1.57. The SMILES string of the molecule is CN=C(NCCN1C(=O)c2ccccc2C1=O)NCC1(Sc2ccccc2)CC1. The number of guanidine groups is 1. The number of fused-ring (bicyclic) bond motifs is 1. The zero-order valence-corrected chi connectivity index (χ0v) is 17.2. The van der Waals surface area contributed by atoms with Crippen molar-refractivity contribution in [3.05, 3.63) is 65.7 Å². The van der Waals surface area contributed by atoms with Gasteiger partial charge < -0.3 is 10.6 Å². The molecular formula is C22H24N4O2S. The number of hydrogen-bond donors (Lipinski definition) is 2. The van der Waals surface area contributed by atoms with Crippen LogP contribution in [0.4, 0.5) is 0 Å². The van der Waals surface area contributed by atoms with Crippen LogP contribution in [-0.2, 0) is 0 Å². The number of thioether (sulfide) groups is 1. The van der Waals surface area contributed by atoms with Gasteiger partial charge in [0.05, 0.1) is 11.1 Å². The van der Waals surface area contributed by atoms with E-state index in [0.717, 1.165) is 6.54 Å². The van der Waals surface area contributed by atoms with Crippen LogP contribution in [0.15, 0.2) is 64.5 Å². The number of nitrogens with one attached hydrogen (secondary N) is 2. The van der Waals surface area contributed by atoms with Crippen molar-refractivity contribution in [1.29, 1.82) is 0 Å². The van der Waals surface area contributed by atoms with Gasteiger partial charge in [0.1, 0.15) is 0 Å². The maximum absolute atomic E-state index is 12.4. The fourth-order valence-corrected chi connectivity index (χ4v) is 4.63. The van der Waals surface area contributed by atoms with Gasteiger partial charge in [0, 0.05) is 36.3 Å². The molecule has 29 heavy (non-hydrogen) atoms. The third-order valence-corrected chi connectivity index (χ3v) is 6.69. The molecule has 7 heteroatoms. The largest absolute Gasteiger partial charge is 0.355 e. The summed E-state index contributed by atoms with van der Waals surface area (Å²) in [5, 5.41) is 6.60. The Labute approximate surface area is 174 Å². The second-order valence-corrected chi connectivity index (χ2v) is 8.80. The first-order valence-corrected chi connectivity index (χ1v) is 10.6. The molecule has 0 radical (unpaired) electrons. The number of imide groups is 1. The summed E-state index contributed by atoms with van der Waals surface area (Å²) in [6.07, 6.45) is 2.34. The third kappa shape index (κ3) is 4.29. The summed E-state index contributed by atoms with van der Waals surface area (Å²) in [4.78, 5) is 31.7. The van der Waals surface area contributed by atoms with Gasteiger partial charge in [0.2, 0.25) is 0 Å². The molecule has 1 saturated carbocycles. The minimum absolute atomic E-state index is 0.210. The molecule has 6 nitrogen and oxygen atoms in total. The van der Waals surface area contributed by atoms with Crippen LogP contribution in [0.3, 0.4) is 0 Å². The zero-order chi connectivity index (χ0) is 20.3. The van der Waals surface area contributed by atoms with Gasteiger partial charge in [-0.3, -0.25) is 19.5 Å². The Kier molecular flexibility index (Phi) is 5.58. The van der Waals surface area contributed by atoms with Crippen molar-refractivity contribution < 1.29 is 9.59 Å². The molecule has 1 heterocycles. The van der Waals surface area contributed by atoms with Gasteiger partial charge in [-0.05, 0) is 37.1 Å². The summed E-state index contributed by atoms with van der Waals surface area (Å²) in [5.41, 5.74) is 0.960. The maximum Gasteiger partial charge on any atom is 0.261 e. The quantitative estimate of drug-likeness (QED) is 0.419. The molecule has 0 saturated heterocycles. The van der Waals surface area contributed by atoms with E-state index in [1.165, 1.54) is 22.6 Å². The number of benzene rings is 2. The molecule has 0 spiro atoms. The van der Waals surface area contributed by atoms with E-state index in [0.29, 0.717) is 30.2 Å². The van der Waals surface area contributed by atoms with Crippen LogP contribution in [0.2, 0.25) is 0 Å². The van der Waals surface area contributed by atoms with Crippen LogP contribution in [0.5, 0.6) is 0 Å². The molecule has 1 aliphatic heterocycles. The molecule has 2 amide bonds. The van der Waals surface area contributed by atoms with Crippen LogP contribution < -0.4 is 10.6 Å². The van der Waals surface area contributed by atoms with Crippen LogP contribution >= 0.6 is 11.8 Å². The van der Waals surface area contributed by atoms with E-state index < -0.39 is 0 Å². The standard InChI is InChI=1S/C22H24N4O2S/c1-23-21(25-15-22(11-12-22)29-16-7-3-2-4-8-16)24-13-14-26-19(27)17-9-5-6-10-18(17)20(26)28/h2-10H,11-15H2,1H3,(H2,23,24,25). The molecular weight excluding hydrogens is 384 g/mol. The van der Waals surface area contributed by atoms with Crippen molar-refractivity contribution in [2.45, 2.75) is 22.5 Å².